The molecule has 0 amide bonds. The van der Waals surface area contributed by atoms with Gasteiger partial charge in [0.1, 0.15) is 0 Å². The molecular weight excluding hydrogens is 264 g/mol. The van der Waals surface area contributed by atoms with Gasteiger partial charge in [0.05, 0.1) is 0 Å². The van der Waals surface area contributed by atoms with Crippen molar-refractivity contribution in [2.24, 2.45) is 0 Å². The molecule has 0 unspecified atom stereocenters. The van der Waals surface area contributed by atoms with Crippen molar-refractivity contribution < 1.29 is 0 Å². The van der Waals surface area contributed by atoms with Crippen LogP contribution in [-0.2, 0) is 6.42 Å². The van der Waals surface area contributed by atoms with Crippen LogP contribution >= 0.6 is 11.3 Å². The second-order valence-corrected chi connectivity index (χ2v) is 6.53. The quantitative estimate of drug-likeness (QED) is 0.598. The van der Waals surface area contributed by atoms with Crippen LogP contribution in [0.3, 0.4) is 0 Å². The maximum Gasteiger partial charge on any atom is 0.196 e. The highest BCUT2D eigenvalue weighted by Gasteiger charge is 2.14. The standard InChI is InChI=1S/C18H18OS/c1-4-12-13(11(2)3)9-10-16-17(12)18(19)14-7-5-6-8-15(14)20-16/h5-11H,4H2,1-3H3. The highest BCUT2D eigenvalue weighted by molar-refractivity contribution is 7.24. The number of hydrogen-bond acceptors (Lipinski definition) is 2. The molecule has 0 aliphatic heterocycles. The van der Waals surface area contributed by atoms with Crippen LogP contribution < -0.4 is 5.43 Å². The van der Waals surface area contributed by atoms with Gasteiger partial charge < -0.3 is 0 Å². The van der Waals surface area contributed by atoms with E-state index in [-0.39, 0.29) is 5.43 Å². The third-order valence-corrected chi connectivity index (χ3v) is 5.00. The predicted molar refractivity (Wildman–Crippen MR) is 89.1 cm³/mol. The van der Waals surface area contributed by atoms with E-state index in [4.69, 9.17) is 0 Å². The molecule has 102 valence electrons. The van der Waals surface area contributed by atoms with Crippen LogP contribution in [-0.4, -0.2) is 0 Å². The molecule has 0 radical (unpaired) electrons. The summed E-state index contributed by atoms with van der Waals surface area (Å²) in [5.74, 6) is 0.449. The number of rotatable bonds is 2. The minimum absolute atomic E-state index is 0.189. The molecule has 2 aromatic carbocycles. The highest BCUT2D eigenvalue weighted by atomic mass is 32.1. The SMILES string of the molecule is CCc1c(C(C)C)ccc2sc3ccccc3c(=O)c12. The van der Waals surface area contributed by atoms with Crippen LogP contribution in [0.25, 0.3) is 20.2 Å². The third-order valence-electron chi connectivity index (χ3n) is 3.87. The van der Waals surface area contributed by atoms with Crippen molar-refractivity contribution in [1.82, 2.24) is 0 Å². The van der Waals surface area contributed by atoms with Crippen molar-refractivity contribution >= 4 is 31.5 Å². The molecule has 0 fully saturated rings. The topological polar surface area (TPSA) is 17.1 Å². The van der Waals surface area contributed by atoms with Crippen molar-refractivity contribution in [3.05, 3.63) is 57.7 Å². The maximum atomic E-state index is 12.8. The van der Waals surface area contributed by atoms with E-state index in [1.807, 2.05) is 24.3 Å². The summed E-state index contributed by atoms with van der Waals surface area (Å²) in [6.07, 6.45) is 0.908. The summed E-state index contributed by atoms with van der Waals surface area (Å²) >= 11 is 1.72. The van der Waals surface area contributed by atoms with Gasteiger partial charge in [-0.25, -0.2) is 0 Å². The Morgan fingerprint density at radius 3 is 2.50 bits per heavy atom. The Labute approximate surface area is 122 Å². The first-order chi connectivity index (χ1) is 9.63. The summed E-state index contributed by atoms with van der Waals surface area (Å²) in [5, 5.41) is 1.78. The van der Waals surface area contributed by atoms with E-state index in [2.05, 4.69) is 32.9 Å². The van der Waals surface area contributed by atoms with Gasteiger partial charge in [0, 0.05) is 20.2 Å². The smallest absolute Gasteiger partial charge is 0.196 e. The molecular formula is C18H18OS. The molecule has 20 heavy (non-hydrogen) atoms. The lowest BCUT2D eigenvalue weighted by Crippen LogP contribution is -2.07. The van der Waals surface area contributed by atoms with Gasteiger partial charge in [-0.05, 0) is 41.7 Å². The van der Waals surface area contributed by atoms with E-state index in [1.165, 1.54) is 11.1 Å². The van der Waals surface area contributed by atoms with E-state index in [1.54, 1.807) is 11.3 Å². The summed E-state index contributed by atoms with van der Waals surface area (Å²) in [4.78, 5) is 12.8. The second kappa shape index (κ2) is 5.02. The predicted octanol–water partition coefficient (Wildman–Crippen LogP) is 5.10. The fourth-order valence-corrected chi connectivity index (χ4v) is 4.00. The number of hydrogen-bond donors (Lipinski definition) is 0. The first kappa shape index (κ1) is 13.3. The molecule has 0 saturated carbocycles. The first-order valence-electron chi connectivity index (χ1n) is 7.10. The average molecular weight is 282 g/mol. The van der Waals surface area contributed by atoms with Crippen molar-refractivity contribution in [3.63, 3.8) is 0 Å². The molecule has 0 spiro atoms. The Kier molecular flexibility index (Phi) is 3.35. The minimum Gasteiger partial charge on any atom is -0.288 e. The Bertz CT molecular complexity index is 843. The normalized spacial score (nSPS) is 11.6. The van der Waals surface area contributed by atoms with Gasteiger partial charge in [0.2, 0.25) is 0 Å². The maximum absolute atomic E-state index is 12.8. The van der Waals surface area contributed by atoms with Crippen molar-refractivity contribution in [3.8, 4) is 0 Å². The van der Waals surface area contributed by atoms with Gasteiger partial charge in [-0.3, -0.25) is 4.79 Å². The first-order valence-corrected chi connectivity index (χ1v) is 7.92. The van der Waals surface area contributed by atoms with Crippen LogP contribution in [0.4, 0.5) is 0 Å². The zero-order valence-electron chi connectivity index (χ0n) is 12.1. The zero-order chi connectivity index (χ0) is 14.3. The average Bonchev–Trinajstić information content (AvgIpc) is 2.46. The van der Waals surface area contributed by atoms with E-state index >= 15 is 0 Å². The van der Waals surface area contributed by atoms with Crippen LogP contribution in [0.2, 0.25) is 0 Å². The van der Waals surface area contributed by atoms with E-state index in [0.29, 0.717) is 5.92 Å². The molecule has 0 aliphatic carbocycles. The number of fused-ring (bicyclic) bond motifs is 2. The van der Waals surface area contributed by atoms with E-state index < -0.39 is 0 Å². The molecule has 2 heteroatoms. The van der Waals surface area contributed by atoms with Crippen molar-refractivity contribution in [2.45, 2.75) is 33.1 Å². The van der Waals surface area contributed by atoms with E-state index in [0.717, 1.165) is 26.6 Å². The molecule has 1 nitrogen and oxygen atoms in total. The fraction of sp³-hybridized carbons (Fsp3) is 0.278. The minimum atomic E-state index is 0.189. The van der Waals surface area contributed by atoms with Crippen LogP contribution in [0.5, 0.6) is 0 Å². The lowest BCUT2D eigenvalue weighted by Gasteiger charge is -2.14. The number of benzene rings is 2. The summed E-state index contributed by atoms with van der Waals surface area (Å²) in [6, 6.07) is 12.2. The Balaban J connectivity index is 2.53. The Morgan fingerprint density at radius 2 is 1.80 bits per heavy atom. The van der Waals surface area contributed by atoms with Gasteiger partial charge in [-0.1, -0.05) is 39.0 Å². The molecule has 3 aromatic rings. The largest absolute Gasteiger partial charge is 0.288 e. The van der Waals surface area contributed by atoms with Gasteiger partial charge in [-0.2, -0.15) is 0 Å². The number of aryl methyl sites for hydroxylation is 1. The van der Waals surface area contributed by atoms with Crippen LogP contribution in [0, 0.1) is 0 Å². The molecule has 3 rings (SSSR count). The third kappa shape index (κ3) is 1.95. The molecule has 1 heterocycles. The zero-order valence-corrected chi connectivity index (χ0v) is 12.9. The summed E-state index contributed by atoms with van der Waals surface area (Å²) in [7, 11) is 0. The molecule has 0 aliphatic rings. The van der Waals surface area contributed by atoms with Gasteiger partial charge >= 0.3 is 0 Å². The molecule has 0 saturated heterocycles. The summed E-state index contributed by atoms with van der Waals surface area (Å²) < 4.78 is 2.18. The van der Waals surface area contributed by atoms with Gasteiger partial charge in [0.15, 0.2) is 5.43 Å². The lowest BCUT2D eigenvalue weighted by molar-refractivity contribution is 0.848. The van der Waals surface area contributed by atoms with Crippen LogP contribution in [0.15, 0.2) is 41.2 Å². The molecule has 0 N–H and O–H groups in total. The van der Waals surface area contributed by atoms with E-state index in [9.17, 15) is 4.79 Å². The lowest BCUT2D eigenvalue weighted by atomic mass is 9.92. The van der Waals surface area contributed by atoms with Crippen LogP contribution in [0.1, 0.15) is 37.8 Å². The molecule has 1 aromatic heterocycles. The monoisotopic (exact) mass is 282 g/mol. The molecule has 0 bridgehead atoms. The second-order valence-electron chi connectivity index (χ2n) is 5.44. The summed E-state index contributed by atoms with van der Waals surface area (Å²) in [5.41, 5.74) is 2.72. The van der Waals surface area contributed by atoms with Crippen molar-refractivity contribution in [2.75, 3.05) is 0 Å². The molecule has 0 atom stereocenters. The fourth-order valence-electron chi connectivity index (χ4n) is 2.89. The Morgan fingerprint density at radius 1 is 1.05 bits per heavy atom. The summed E-state index contributed by atoms with van der Waals surface area (Å²) in [6.45, 7) is 6.52. The van der Waals surface area contributed by atoms with Gasteiger partial charge in [0.25, 0.3) is 0 Å². The highest BCUT2D eigenvalue weighted by Crippen LogP contribution is 2.31. The van der Waals surface area contributed by atoms with Gasteiger partial charge in [-0.15, -0.1) is 11.3 Å². The van der Waals surface area contributed by atoms with Crippen molar-refractivity contribution in [1.29, 1.82) is 0 Å². The Hall–Kier alpha value is -1.67.